The Morgan fingerprint density at radius 1 is 1.64 bits per heavy atom. The van der Waals surface area contributed by atoms with E-state index in [1.165, 1.54) is 12.8 Å². The maximum absolute atomic E-state index is 11.1. The Morgan fingerprint density at radius 3 is 2.73 bits per heavy atom. The Bertz CT molecular complexity index is 140. The molecule has 0 radical (unpaired) electrons. The lowest BCUT2D eigenvalue weighted by molar-refractivity contribution is -0.119. The van der Waals surface area contributed by atoms with Gasteiger partial charge in [-0.15, -0.1) is 0 Å². The van der Waals surface area contributed by atoms with Crippen molar-refractivity contribution < 1.29 is 4.79 Å². The molecule has 0 spiro atoms. The molecule has 1 unspecified atom stereocenters. The van der Waals surface area contributed by atoms with E-state index in [1.807, 2.05) is 7.05 Å². The quantitative estimate of drug-likeness (QED) is 0.646. The molecule has 11 heavy (non-hydrogen) atoms. The maximum Gasteiger partial charge on any atom is 0.146 e. The average Bonchev–Trinajstić information content (AvgIpc) is 2.67. The molecule has 64 valence electrons. The SMILES string of the molecule is CNCC(=O)CC(C)C1CC1. The summed E-state index contributed by atoms with van der Waals surface area (Å²) < 4.78 is 0. The molecule has 1 rings (SSSR count). The molecule has 0 amide bonds. The van der Waals surface area contributed by atoms with Crippen LogP contribution in [0.2, 0.25) is 0 Å². The van der Waals surface area contributed by atoms with E-state index in [4.69, 9.17) is 0 Å². The second kappa shape index (κ2) is 3.86. The Hall–Kier alpha value is -0.370. The van der Waals surface area contributed by atoms with Crippen LogP contribution >= 0.6 is 0 Å². The number of carbonyl (C=O) groups excluding carboxylic acids is 1. The first-order valence-electron chi connectivity index (χ1n) is 4.40. The summed E-state index contributed by atoms with van der Waals surface area (Å²) in [4.78, 5) is 11.1. The Morgan fingerprint density at radius 2 is 2.27 bits per heavy atom. The molecule has 1 N–H and O–H groups in total. The molecule has 2 heteroatoms. The van der Waals surface area contributed by atoms with Crippen LogP contribution in [0.5, 0.6) is 0 Å². The first-order chi connectivity index (χ1) is 5.24. The summed E-state index contributed by atoms with van der Waals surface area (Å²) in [6.07, 6.45) is 3.45. The van der Waals surface area contributed by atoms with Crippen molar-refractivity contribution >= 4 is 5.78 Å². The van der Waals surface area contributed by atoms with Crippen molar-refractivity contribution in [3.05, 3.63) is 0 Å². The number of hydrogen-bond acceptors (Lipinski definition) is 2. The fraction of sp³-hybridized carbons (Fsp3) is 0.889. The molecule has 1 atom stereocenters. The summed E-state index contributed by atoms with van der Waals surface area (Å²) in [5.74, 6) is 1.83. The largest absolute Gasteiger partial charge is 0.313 e. The molecule has 0 aromatic rings. The van der Waals surface area contributed by atoms with Crippen molar-refractivity contribution in [3.8, 4) is 0 Å². The molecule has 1 aliphatic rings. The van der Waals surface area contributed by atoms with Crippen LogP contribution in [0.3, 0.4) is 0 Å². The predicted molar refractivity (Wildman–Crippen MR) is 45.4 cm³/mol. The van der Waals surface area contributed by atoms with E-state index in [1.54, 1.807) is 0 Å². The Labute approximate surface area is 68.4 Å². The minimum atomic E-state index is 0.354. The van der Waals surface area contributed by atoms with E-state index >= 15 is 0 Å². The van der Waals surface area contributed by atoms with Gasteiger partial charge in [-0.25, -0.2) is 0 Å². The van der Waals surface area contributed by atoms with E-state index in [-0.39, 0.29) is 0 Å². The third-order valence-electron chi connectivity index (χ3n) is 2.35. The third-order valence-corrected chi connectivity index (χ3v) is 2.35. The van der Waals surface area contributed by atoms with Crippen LogP contribution < -0.4 is 5.32 Å². The lowest BCUT2D eigenvalue weighted by Crippen LogP contribution is -2.20. The smallest absolute Gasteiger partial charge is 0.146 e. The molecule has 0 saturated heterocycles. The van der Waals surface area contributed by atoms with E-state index in [0.717, 1.165) is 12.3 Å². The summed E-state index contributed by atoms with van der Waals surface area (Å²) in [7, 11) is 1.82. The van der Waals surface area contributed by atoms with Crippen LogP contribution in [-0.4, -0.2) is 19.4 Å². The Balaban J connectivity index is 2.12. The molecular formula is C9H17NO. The average molecular weight is 155 g/mol. The van der Waals surface area contributed by atoms with Gasteiger partial charge in [-0.2, -0.15) is 0 Å². The van der Waals surface area contributed by atoms with Crippen LogP contribution in [0.15, 0.2) is 0 Å². The van der Waals surface area contributed by atoms with Crippen molar-refractivity contribution in [2.45, 2.75) is 26.2 Å². The van der Waals surface area contributed by atoms with Crippen molar-refractivity contribution in [1.29, 1.82) is 0 Å². The number of likely N-dealkylation sites (N-methyl/N-ethyl adjacent to an activating group) is 1. The highest BCUT2D eigenvalue weighted by molar-refractivity contribution is 5.80. The van der Waals surface area contributed by atoms with Crippen LogP contribution in [0, 0.1) is 11.8 Å². The fourth-order valence-corrected chi connectivity index (χ4v) is 1.46. The number of carbonyl (C=O) groups is 1. The van der Waals surface area contributed by atoms with E-state index in [9.17, 15) is 4.79 Å². The molecule has 0 bridgehead atoms. The maximum atomic E-state index is 11.1. The highest BCUT2D eigenvalue weighted by Crippen LogP contribution is 2.38. The molecule has 0 heterocycles. The number of nitrogens with one attached hydrogen (secondary N) is 1. The van der Waals surface area contributed by atoms with Crippen LogP contribution in [-0.2, 0) is 4.79 Å². The van der Waals surface area contributed by atoms with Gasteiger partial charge in [0.15, 0.2) is 0 Å². The Kier molecular flexibility index (Phi) is 3.06. The van der Waals surface area contributed by atoms with Gasteiger partial charge in [0.05, 0.1) is 6.54 Å². The highest BCUT2D eigenvalue weighted by Gasteiger charge is 2.28. The second-order valence-corrected chi connectivity index (χ2v) is 3.59. The monoisotopic (exact) mass is 155 g/mol. The minimum Gasteiger partial charge on any atom is -0.313 e. The number of ketones is 1. The van der Waals surface area contributed by atoms with Crippen molar-refractivity contribution in [2.75, 3.05) is 13.6 Å². The van der Waals surface area contributed by atoms with Crippen LogP contribution in [0.25, 0.3) is 0 Å². The summed E-state index contributed by atoms with van der Waals surface area (Å²) in [5, 5.41) is 2.88. The van der Waals surface area contributed by atoms with Gasteiger partial charge in [-0.3, -0.25) is 4.79 Å². The molecule has 2 nitrogen and oxygen atoms in total. The minimum absolute atomic E-state index is 0.354. The first-order valence-corrected chi connectivity index (χ1v) is 4.40. The van der Waals surface area contributed by atoms with Gasteiger partial charge in [-0.1, -0.05) is 6.92 Å². The van der Waals surface area contributed by atoms with Gasteiger partial charge >= 0.3 is 0 Å². The second-order valence-electron chi connectivity index (χ2n) is 3.59. The molecule has 0 aliphatic heterocycles. The molecule has 0 aromatic carbocycles. The van der Waals surface area contributed by atoms with Crippen LogP contribution in [0.1, 0.15) is 26.2 Å². The first kappa shape index (κ1) is 8.72. The summed E-state index contributed by atoms with van der Waals surface area (Å²) in [6.45, 7) is 2.72. The third kappa shape index (κ3) is 3.02. The predicted octanol–water partition coefficient (Wildman–Crippen LogP) is 1.21. The van der Waals surface area contributed by atoms with Gasteiger partial charge in [-0.05, 0) is 31.7 Å². The van der Waals surface area contributed by atoms with Gasteiger partial charge in [0.25, 0.3) is 0 Å². The van der Waals surface area contributed by atoms with E-state index in [2.05, 4.69) is 12.2 Å². The molecule has 1 fully saturated rings. The number of rotatable bonds is 5. The highest BCUT2D eigenvalue weighted by atomic mass is 16.1. The van der Waals surface area contributed by atoms with Gasteiger partial charge < -0.3 is 5.32 Å². The molecular weight excluding hydrogens is 138 g/mol. The van der Waals surface area contributed by atoms with Crippen molar-refractivity contribution in [1.82, 2.24) is 5.32 Å². The summed E-state index contributed by atoms with van der Waals surface area (Å²) in [5.41, 5.74) is 0. The zero-order valence-electron chi connectivity index (χ0n) is 7.39. The lowest BCUT2D eigenvalue weighted by Gasteiger charge is -2.07. The molecule has 1 aliphatic carbocycles. The topological polar surface area (TPSA) is 29.1 Å². The number of hydrogen-bond donors (Lipinski definition) is 1. The van der Waals surface area contributed by atoms with E-state index in [0.29, 0.717) is 18.2 Å². The standard InChI is InChI=1S/C9H17NO/c1-7(8-3-4-8)5-9(11)6-10-2/h7-8,10H,3-6H2,1-2H3. The lowest BCUT2D eigenvalue weighted by atomic mass is 10.00. The number of Topliss-reactive ketones (excluding diaryl/α,β-unsaturated/α-hetero) is 1. The fourth-order valence-electron chi connectivity index (χ4n) is 1.46. The van der Waals surface area contributed by atoms with Gasteiger partial charge in [0.2, 0.25) is 0 Å². The van der Waals surface area contributed by atoms with Crippen molar-refractivity contribution in [2.24, 2.45) is 11.8 Å². The summed E-state index contributed by atoms with van der Waals surface area (Å²) >= 11 is 0. The van der Waals surface area contributed by atoms with E-state index < -0.39 is 0 Å². The molecule has 0 aromatic heterocycles. The van der Waals surface area contributed by atoms with Crippen molar-refractivity contribution in [3.63, 3.8) is 0 Å². The van der Waals surface area contributed by atoms with Gasteiger partial charge in [0, 0.05) is 6.42 Å². The zero-order valence-corrected chi connectivity index (χ0v) is 7.39. The summed E-state index contributed by atoms with van der Waals surface area (Å²) in [6, 6.07) is 0. The molecule has 1 saturated carbocycles. The normalized spacial score (nSPS) is 19.8. The van der Waals surface area contributed by atoms with Crippen LogP contribution in [0.4, 0.5) is 0 Å². The zero-order chi connectivity index (χ0) is 8.27. The van der Waals surface area contributed by atoms with Gasteiger partial charge in [0.1, 0.15) is 5.78 Å².